The molecule has 2 aromatic rings. The summed E-state index contributed by atoms with van der Waals surface area (Å²) in [6.07, 6.45) is 3.43. The Morgan fingerprint density at radius 1 is 1.25 bits per heavy atom. The maximum Gasteiger partial charge on any atom is 0.321 e. The van der Waals surface area contributed by atoms with E-state index >= 15 is 0 Å². The van der Waals surface area contributed by atoms with Crippen molar-refractivity contribution < 1.29 is 4.74 Å². The summed E-state index contributed by atoms with van der Waals surface area (Å²) >= 11 is 5.59. The van der Waals surface area contributed by atoms with Gasteiger partial charge < -0.3 is 4.74 Å². The zero-order valence-corrected chi connectivity index (χ0v) is 12.2. The fourth-order valence-corrected chi connectivity index (χ4v) is 1.99. The summed E-state index contributed by atoms with van der Waals surface area (Å²) < 4.78 is 7.42. The largest absolute Gasteiger partial charge is 0.423 e. The van der Waals surface area contributed by atoms with Crippen LogP contribution in [0.5, 0.6) is 11.8 Å². The molecule has 0 fully saturated rings. The average Bonchev–Trinajstić information content (AvgIpc) is 2.25. The van der Waals surface area contributed by atoms with Gasteiger partial charge in [0.25, 0.3) is 0 Å². The lowest BCUT2D eigenvalue weighted by Crippen LogP contribution is -1.92. The number of halogens is 2. The van der Waals surface area contributed by atoms with E-state index < -0.39 is 0 Å². The van der Waals surface area contributed by atoms with Gasteiger partial charge in [0, 0.05) is 16.0 Å². The molecule has 0 aliphatic heterocycles. The fourth-order valence-electron chi connectivity index (χ4n) is 1.14. The summed E-state index contributed by atoms with van der Waals surface area (Å²) in [7, 11) is 0. The van der Waals surface area contributed by atoms with Crippen LogP contribution in [-0.4, -0.2) is 9.97 Å². The third-order valence-electron chi connectivity index (χ3n) is 1.89. The summed E-state index contributed by atoms with van der Waals surface area (Å²) in [4.78, 5) is 8.15. The molecule has 0 bridgehead atoms. The van der Waals surface area contributed by atoms with Gasteiger partial charge in [0.05, 0.1) is 4.47 Å². The van der Waals surface area contributed by atoms with Crippen molar-refractivity contribution in [2.75, 3.05) is 0 Å². The quantitative estimate of drug-likeness (QED) is 0.728. The molecule has 0 saturated heterocycles. The molecule has 0 spiro atoms. The number of hydrogen-bond donors (Lipinski definition) is 0. The van der Waals surface area contributed by atoms with Crippen LogP contribution in [0.4, 0.5) is 0 Å². The number of hydrogen-bond acceptors (Lipinski definition) is 3. The molecular weight excluding hydrogens is 383 g/mol. The van der Waals surface area contributed by atoms with Crippen LogP contribution in [-0.2, 0) is 0 Å². The number of aromatic nitrogens is 2. The minimum Gasteiger partial charge on any atom is -0.423 e. The van der Waals surface area contributed by atoms with Gasteiger partial charge in [0.2, 0.25) is 0 Å². The van der Waals surface area contributed by atoms with Crippen LogP contribution in [0.15, 0.2) is 35.1 Å². The maximum absolute atomic E-state index is 5.55. The molecule has 0 saturated carbocycles. The Kier molecular flexibility index (Phi) is 3.75. The van der Waals surface area contributed by atoms with Crippen molar-refractivity contribution in [3.05, 3.63) is 44.2 Å². The maximum atomic E-state index is 5.55. The molecular formula is C11H8BrIN2O. The molecule has 1 aromatic carbocycles. The Morgan fingerprint density at radius 2 is 1.94 bits per heavy atom. The van der Waals surface area contributed by atoms with E-state index in [1.165, 1.54) is 5.56 Å². The molecule has 0 radical (unpaired) electrons. The Hall–Kier alpha value is -0.690. The van der Waals surface area contributed by atoms with Gasteiger partial charge in [-0.2, -0.15) is 0 Å². The van der Waals surface area contributed by atoms with Crippen LogP contribution in [0.3, 0.4) is 0 Å². The highest BCUT2D eigenvalue weighted by Crippen LogP contribution is 2.28. The topological polar surface area (TPSA) is 35.0 Å². The lowest BCUT2D eigenvalue weighted by Gasteiger charge is -2.06. The number of rotatable bonds is 2. The Balaban J connectivity index is 2.23. The van der Waals surface area contributed by atoms with E-state index in [9.17, 15) is 0 Å². The third-order valence-corrected chi connectivity index (χ3v) is 3.06. The van der Waals surface area contributed by atoms with Crippen LogP contribution < -0.4 is 4.74 Å². The Labute approximate surface area is 116 Å². The lowest BCUT2D eigenvalue weighted by molar-refractivity contribution is 0.438. The number of nitrogens with zero attached hydrogens (tertiary/aromatic N) is 2. The van der Waals surface area contributed by atoms with E-state index in [0.29, 0.717) is 11.8 Å². The van der Waals surface area contributed by atoms with Gasteiger partial charge in [-0.05, 0) is 63.1 Å². The molecule has 82 valence electrons. The summed E-state index contributed by atoms with van der Waals surface area (Å²) in [5, 5.41) is 0. The van der Waals surface area contributed by atoms with Crippen LogP contribution in [0.25, 0.3) is 0 Å². The fraction of sp³-hybridized carbons (Fsp3) is 0.0909. The van der Waals surface area contributed by atoms with Crippen molar-refractivity contribution >= 4 is 38.5 Å². The van der Waals surface area contributed by atoms with Crippen LogP contribution in [0.1, 0.15) is 5.56 Å². The van der Waals surface area contributed by atoms with Crippen LogP contribution in [0.2, 0.25) is 0 Å². The summed E-state index contributed by atoms with van der Waals surface area (Å²) in [5.41, 5.74) is 1.17. The lowest BCUT2D eigenvalue weighted by atomic mass is 10.2. The predicted molar refractivity (Wildman–Crippen MR) is 73.7 cm³/mol. The first kappa shape index (κ1) is 11.8. The van der Waals surface area contributed by atoms with Gasteiger partial charge in [-0.1, -0.05) is 6.07 Å². The molecule has 1 aromatic heterocycles. The third kappa shape index (κ3) is 2.91. The van der Waals surface area contributed by atoms with Crippen molar-refractivity contribution in [1.29, 1.82) is 0 Å². The van der Waals surface area contributed by atoms with E-state index in [4.69, 9.17) is 4.74 Å². The summed E-state index contributed by atoms with van der Waals surface area (Å²) in [6, 6.07) is 6.21. The van der Waals surface area contributed by atoms with E-state index in [1.807, 2.05) is 25.1 Å². The molecule has 5 heteroatoms. The first-order valence-electron chi connectivity index (χ1n) is 4.57. The van der Waals surface area contributed by atoms with Crippen molar-refractivity contribution in [3.8, 4) is 11.8 Å². The zero-order chi connectivity index (χ0) is 11.5. The van der Waals surface area contributed by atoms with Gasteiger partial charge in [0.1, 0.15) is 5.75 Å². The monoisotopic (exact) mass is 390 g/mol. The molecule has 0 N–H and O–H groups in total. The Morgan fingerprint density at radius 3 is 2.56 bits per heavy atom. The van der Waals surface area contributed by atoms with Gasteiger partial charge in [0.15, 0.2) is 0 Å². The first-order chi connectivity index (χ1) is 7.65. The predicted octanol–water partition coefficient (Wildman–Crippen LogP) is 3.94. The summed E-state index contributed by atoms with van der Waals surface area (Å²) in [5.74, 6) is 0.715. The van der Waals surface area contributed by atoms with Crippen LogP contribution >= 0.6 is 38.5 Å². The second-order valence-corrected chi connectivity index (χ2v) is 5.32. The standard InChI is InChI=1S/C11H8BrIN2O/c1-7-2-3-10(9(12)4-7)16-11-14-5-8(13)6-15-11/h2-6H,1H3. The molecule has 0 aliphatic rings. The number of ether oxygens (including phenoxy) is 1. The van der Waals surface area contributed by atoms with Crippen molar-refractivity contribution in [3.63, 3.8) is 0 Å². The van der Waals surface area contributed by atoms with Gasteiger partial charge in [-0.25, -0.2) is 9.97 Å². The number of benzene rings is 1. The van der Waals surface area contributed by atoms with E-state index in [1.54, 1.807) is 12.4 Å². The second-order valence-electron chi connectivity index (χ2n) is 3.22. The van der Waals surface area contributed by atoms with Crippen molar-refractivity contribution in [2.24, 2.45) is 0 Å². The number of aryl methyl sites for hydroxylation is 1. The molecule has 0 atom stereocenters. The minimum atomic E-state index is 0.352. The van der Waals surface area contributed by atoms with Gasteiger partial charge >= 0.3 is 6.01 Å². The highest BCUT2D eigenvalue weighted by molar-refractivity contribution is 14.1. The molecule has 3 nitrogen and oxygen atoms in total. The Bertz CT molecular complexity index is 502. The van der Waals surface area contributed by atoms with E-state index in [2.05, 4.69) is 48.5 Å². The normalized spacial score (nSPS) is 10.2. The molecule has 0 amide bonds. The molecule has 2 rings (SSSR count). The van der Waals surface area contributed by atoms with Gasteiger partial charge in [-0.3, -0.25) is 0 Å². The van der Waals surface area contributed by atoms with Gasteiger partial charge in [-0.15, -0.1) is 0 Å². The zero-order valence-electron chi connectivity index (χ0n) is 8.45. The van der Waals surface area contributed by atoms with E-state index in [-0.39, 0.29) is 0 Å². The SMILES string of the molecule is Cc1ccc(Oc2ncc(I)cn2)c(Br)c1. The first-order valence-corrected chi connectivity index (χ1v) is 6.44. The highest BCUT2D eigenvalue weighted by atomic mass is 127. The van der Waals surface area contributed by atoms with Crippen molar-refractivity contribution in [2.45, 2.75) is 6.92 Å². The second kappa shape index (κ2) is 5.09. The van der Waals surface area contributed by atoms with Crippen LogP contribution in [0, 0.1) is 10.5 Å². The smallest absolute Gasteiger partial charge is 0.321 e. The molecule has 16 heavy (non-hydrogen) atoms. The minimum absolute atomic E-state index is 0.352. The average molecular weight is 391 g/mol. The molecule has 0 unspecified atom stereocenters. The van der Waals surface area contributed by atoms with E-state index in [0.717, 1.165) is 8.04 Å². The highest BCUT2D eigenvalue weighted by Gasteiger charge is 2.04. The van der Waals surface area contributed by atoms with Crippen molar-refractivity contribution in [1.82, 2.24) is 9.97 Å². The summed E-state index contributed by atoms with van der Waals surface area (Å²) in [6.45, 7) is 2.02. The molecule has 0 aliphatic carbocycles. The molecule has 1 heterocycles.